The first-order valence-electron chi connectivity index (χ1n) is 7.35. The first-order chi connectivity index (χ1) is 8.78. The maximum absolute atomic E-state index is 4.30. The first kappa shape index (κ1) is 13.5. The van der Waals surface area contributed by atoms with E-state index in [4.69, 9.17) is 0 Å². The van der Waals surface area contributed by atoms with Gasteiger partial charge < -0.3 is 5.32 Å². The van der Waals surface area contributed by atoms with Gasteiger partial charge in [-0.2, -0.15) is 5.10 Å². The lowest BCUT2D eigenvalue weighted by molar-refractivity contribution is 0.426. The van der Waals surface area contributed by atoms with Crippen molar-refractivity contribution in [1.82, 2.24) is 20.1 Å². The lowest BCUT2D eigenvalue weighted by Gasteiger charge is -2.16. The van der Waals surface area contributed by atoms with Crippen LogP contribution in [0.25, 0.3) is 0 Å². The lowest BCUT2D eigenvalue weighted by atomic mass is 9.98. The molecule has 0 bridgehead atoms. The minimum absolute atomic E-state index is 0.713. The number of aryl methyl sites for hydroxylation is 1. The van der Waals surface area contributed by atoms with Crippen LogP contribution in [0.5, 0.6) is 0 Å². The Hall–Kier alpha value is -0.900. The van der Waals surface area contributed by atoms with Crippen LogP contribution in [-0.4, -0.2) is 27.4 Å². The number of nitrogens with zero attached hydrogens (tertiary/aromatic N) is 3. The van der Waals surface area contributed by atoms with Gasteiger partial charge in [0.25, 0.3) is 0 Å². The summed E-state index contributed by atoms with van der Waals surface area (Å²) in [5.74, 6) is 1.92. The Balaban J connectivity index is 1.67. The molecule has 0 aromatic carbocycles. The van der Waals surface area contributed by atoms with Crippen molar-refractivity contribution in [3.8, 4) is 0 Å². The summed E-state index contributed by atoms with van der Waals surface area (Å²) in [7, 11) is 1.92. The highest BCUT2D eigenvalue weighted by molar-refractivity contribution is 4.83. The molecule has 1 saturated carbocycles. The van der Waals surface area contributed by atoms with Gasteiger partial charge in [-0.25, -0.2) is 4.98 Å². The summed E-state index contributed by atoms with van der Waals surface area (Å²) in [6.07, 6.45) is 11.0. The molecular weight excluding hydrogens is 224 g/mol. The van der Waals surface area contributed by atoms with E-state index in [-0.39, 0.29) is 0 Å². The molecule has 1 aromatic rings. The quantitative estimate of drug-likeness (QED) is 0.815. The Kier molecular flexibility index (Phi) is 5.17. The van der Waals surface area contributed by atoms with Crippen molar-refractivity contribution in [2.24, 2.45) is 13.0 Å². The van der Waals surface area contributed by atoms with E-state index in [0.29, 0.717) is 6.04 Å². The molecule has 4 heteroatoms. The van der Waals surface area contributed by atoms with Gasteiger partial charge in [0.1, 0.15) is 6.33 Å². The zero-order valence-electron chi connectivity index (χ0n) is 11.7. The van der Waals surface area contributed by atoms with Gasteiger partial charge in [0, 0.05) is 26.1 Å². The molecular formula is C14H26N4. The van der Waals surface area contributed by atoms with Crippen LogP contribution in [0.3, 0.4) is 0 Å². The van der Waals surface area contributed by atoms with Crippen LogP contribution in [0.15, 0.2) is 6.33 Å². The SMILES string of the molecule is CCC1CCCC(NCCc2ncn(C)n2)CC1. The molecule has 0 amide bonds. The molecule has 0 saturated heterocycles. The van der Waals surface area contributed by atoms with Crippen LogP contribution < -0.4 is 5.32 Å². The third-order valence-electron chi connectivity index (χ3n) is 4.09. The molecule has 1 aromatic heterocycles. The zero-order chi connectivity index (χ0) is 12.8. The van der Waals surface area contributed by atoms with E-state index in [1.54, 1.807) is 11.0 Å². The van der Waals surface area contributed by atoms with Gasteiger partial charge in [-0.05, 0) is 25.2 Å². The number of aromatic nitrogens is 3. The smallest absolute Gasteiger partial charge is 0.151 e. The van der Waals surface area contributed by atoms with Crippen LogP contribution in [0.4, 0.5) is 0 Å². The standard InChI is InChI=1S/C14H26N4/c1-3-12-5-4-6-13(8-7-12)15-10-9-14-16-11-18(2)17-14/h11-13,15H,3-10H2,1-2H3. The number of hydrogen-bond donors (Lipinski definition) is 1. The van der Waals surface area contributed by atoms with E-state index in [1.165, 1.54) is 38.5 Å². The molecule has 18 heavy (non-hydrogen) atoms. The third kappa shape index (κ3) is 4.09. The van der Waals surface area contributed by atoms with Crippen molar-refractivity contribution in [2.75, 3.05) is 6.54 Å². The Morgan fingerprint density at radius 3 is 2.94 bits per heavy atom. The minimum Gasteiger partial charge on any atom is -0.314 e. The summed E-state index contributed by atoms with van der Waals surface area (Å²) >= 11 is 0. The van der Waals surface area contributed by atoms with Gasteiger partial charge >= 0.3 is 0 Å². The molecule has 102 valence electrons. The first-order valence-corrected chi connectivity index (χ1v) is 7.35. The van der Waals surface area contributed by atoms with Gasteiger partial charge in [0.2, 0.25) is 0 Å². The molecule has 2 atom stereocenters. The summed E-state index contributed by atoms with van der Waals surface area (Å²) in [5, 5.41) is 7.98. The molecule has 0 aliphatic heterocycles. The van der Waals surface area contributed by atoms with E-state index >= 15 is 0 Å². The summed E-state index contributed by atoms with van der Waals surface area (Å²) in [6.45, 7) is 3.33. The predicted octanol–water partition coefficient (Wildman–Crippen LogP) is 2.31. The van der Waals surface area contributed by atoms with E-state index in [0.717, 1.165) is 24.7 Å². The molecule has 0 radical (unpaired) electrons. The molecule has 1 N–H and O–H groups in total. The van der Waals surface area contributed by atoms with Gasteiger partial charge in [-0.15, -0.1) is 0 Å². The summed E-state index contributed by atoms with van der Waals surface area (Å²) in [4.78, 5) is 4.25. The fraction of sp³-hybridized carbons (Fsp3) is 0.857. The zero-order valence-corrected chi connectivity index (χ0v) is 11.7. The van der Waals surface area contributed by atoms with E-state index in [1.807, 2.05) is 7.05 Å². The van der Waals surface area contributed by atoms with Crippen molar-refractivity contribution >= 4 is 0 Å². The van der Waals surface area contributed by atoms with E-state index in [9.17, 15) is 0 Å². The van der Waals surface area contributed by atoms with E-state index in [2.05, 4.69) is 22.3 Å². The van der Waals surface area contributed by atoms with Gasteiger partial charge in [-0.1, -0.05) is 26.2 Å². The monoisotopic (exact) mass is 250 g/mol. The number of rotatable bonds is 5. The number of hydrogen-bond acceptors (Lipinski definition) is 3. The Morgan fingerprint density at radius 1 is 1.33 bits per heavy atom. The minimum atomic E-state index is 0.713. The van der Waals surface area contributed by atoms with Crippen LogP contribution in [-0.2, 0) is 13.5 Å². The maximum Gasteiger partial charge on any atom is 0.151 e. The summed E-state index contributed by atoms with van der Waals surface area (Å²) in [5.41, 5.74) is 0. The second-order valence-corrected chi connectivity index (χ2v) is 5.52. The molecule has 0 spiro atoms. The molecule has 1 aliphatic carbocycles. The highest BCUT2D eigenvalue weighted by atomic mass is 15.3. The molecule has 4 nitrogen and oxygen atoms in total. The Labute approximate surface area is 110 Å². The summed E-state index contributed by atoms with van der Waals surface area (Å²) in [6, 6.07) is 0.713. The van der Waals surface area contributed by atoms with Crippen LogP contribution in [0.2, 0.25) is 0 Å². The average Bonchev–Trinajstić information content (AvgIpc) is 2.65. The van der Waals surface area contributed by atoms with Gasteiger partial charge in [0.15, 0.2) is 5.82 Å². The molecule has 2 unspecified atom stereocenters. The highest BCUT2D eigenvalue weighted by Crippen LogP contribution is 2.25. The fourth-order valence-corrected chi connectivity index (χ4v) is 2.88. The normalized spacial score (nSPS) is 25.0. The topological polar surface area (TPSA) is 42.7 Å². The van der Waals surface area contributed by atoms with Crippen molar-refractivity contribution in [3.05, 3.63) is 12.2 Å². The van der Waals surface area contributed by atoms with Crippen molar-refractivity contribution < 1.29 is 0 Å². The predicted molar refractivity (Wildman–Crippen MR) is 73.4 cm³/mol. The van der Waals surface area contributed by atoms with Crippen molar-refractivity contribution in [2.45, 2.75) is 57.9 Å². The van der Waals surface area contributed by atoms with Crippen LogP contribution in [0, 0.1) is 5.92 Å². The number of nitrogens with one attached hydrogen (secondary N) is 1. The molecule has 2 rings (SSSR count). The second kappa shape index (κ2) is 6.88. The molecule has 1 heterocycles. The van der Waals surface area contributed by atoms with Crippen molar-refractivity contribution in [3.63, 3.8) is 0 Å². The van der Waals surface area contributed by atoms with Crippen LogP contribution in [0.1, 0.15) is 51.3 Å². The van der Waals surface area contributed by atoms with Crippen molar-refractivity contribution in [1.29, 1.82) is 0 Å². The van der Waals surface area contributed by atoms with Gasteiger partial charge in [0.05, 0.1) is 0 Å². The van der Waals surface area contributed by atoms with E-state index < -0.39 is 0 Å². The third-order valence-corrected chi connectivity index (χ3v) is 4.09. The van der Waals surface area contributed by atoms with Crippen LogP contribution >= 0.6 is 0 Å². The lowest BCUT2D eigenvalue weighted by Crippen LogP contribution is -2.30. The highest BCUT2D eigenvalue weighted by Gasteiger charge is 2.17. The average molecular weight is 250 g/mol. The molecule has 1 fully saturated rings. The second-order valence-electron chi connectivity index (χ2n) is 5.52. The molecule has 1 aliphatic rings. The summed E-state index contributed by atoms with van der Waals surface area (Å²) < 4.78 is 1.77. The Bertz CT molecular complexity index is 347. The maximum atomic E-state index is 4.30. The fourth-order valence-electron chi connectivity index (χ4n) is 2.88. The van der Waals surface area contributed by atoms with Gasteiger partial charge in [-0.3, -0.25) is 4.68 Å². The largest absolute Gasteiger partial charge is 0.314 e. The Morgan fingerprint density at radius 2 is 2.22 bits per heavy atom.